The fraction of sp³-hybridized carbons (Fsp3) is 0.375. The van der Waals surface area contributed by atoms with Gasteiger partial charge in [0.1, 0.15) is 0 Å². The van der Waals surface area contributed by atoms with Crippen LogP contribution in [0.15, 0.2) is 40.1 Å². The number of aryl methyl sites for hydroxylation is 2. The van der Waals surface area contributed by atoms with Crippen molar-refractivity contribution in [1.29, 1.82) is 0 Å². The van der Waals surface area contributed by atoms with Gasteiger partial charge in [-0.3, -0.25) is 9.36 Å². The Morgan fingerprint density at radius 2 is 1.81 bits per heavy atom. The van der Waals surface area contributed by atoms with E-state index in [-0.39, 0.29) is 11.2 Å². The Balaban J connectivity index is 1.97. The fourth-order valence-corrected chi connectivity index (χ4v) is 2.34. The highest BCUT2D eigenvalue weighted by atomic mass is 16.2. The lowest BCUT2D eigenvalue weighted by Gasteiger charge is -2.09. The van der Waals surface area contributed by atoms with Crippen molar-refractivity contribution in [3.63, 3.8) is 0 Å². The molecule has 0 amide bonds. The minimum atomic E-state index is -0.302. The smallest absolute Gasteiger partial charge is 0.312 e. The Hall–Kier alpha value is -2.14. The molecule has 1 N–H and O–H groups in total. The van der Waals surface area contributed by atoms with Gasteiger partial charge in [0.15, 0.2) is 0 Å². The molecule has 112 valence electrons. The van der Waals surface area contributed by atoms with Crippen molar-refractivity contribution < 1.29 is 0 Å². The van der Waals surface area contributed by atoms with Crippen molar-refractivity contribution in [2.45, 2.75) is 19.9 Å². The Labute approximate surface area is 123 Å². The van der Waals surface area contributed by atoms with E-state index in [1.54, 1.807) is 13.2 Å². The van der Waals surface area contributed by atoms with Gasteiger partial charge in [-0.05, 0) is 31.0 Å². The maximum absolute atomic E-state index is 12.0. The molecule has 1 aromatic heterocycles. The Bertz CT molecular complexity index is 744. The van der Waals surface area contributed by atoms with Gasteiger partial charge in [-0.15, -0.1) is 0 Å². The van der Waals surface area contributed by atoms with Crippen LogP contribution >= 0.6 is 0 Å². The van der Waals surface area contributed by atoms with Crippen molar-refractivity contribution in [3.8, 4) is 0 Å². The summed E-state index contributed by atoms with van der Waals surface area (Å²) >= 11 is 0. The minimum Gasteiger partial charge on any atom is -0.312 e. The zero-order valence-corrected chi connectivity index (χ0v) is 12.7. The molecule has 5 nitrogen and oxygen atoms in total. The first-order valence-corrected chi connectivity index (χ1v) is 7.01. The summed E-state index contributed by atoms with van der Waals surface area (Å²) in [7, 11) is 3.15. The highest BCUT2D eigenvalue weighted by Gasteiger charge is 2.06. The third-order valence-electron chi connectivity index (χ3n) is 3.67. The molecule has 21 heavy (non-hydrogen) atoms. The molecule has 1 heterocycles. The Kier molecular flexibility index (Phi) is 4.75. The molecular weight excluding hydrogens is 266 g/mol. The number of rotatable bonds is 5. The lowest BCUT2D eigenvalue weighted by atomic mass is 10.1. The van der Waals surface area contributed by atoms with E-state index in [2.05, 4.69) is 24.4 Å². The van der Waals surface area contributed by atoms with Crippen molar-refractivity contribution in [3.05, 3.63) is 68.0 Å². The van der Waals surface area contributed by atoms with E-state index in [1.165, 1.54) is 22.7 Å². The third kappa shape index (κ3) is 3.49. The second-order valence-electron chi connectivity index (χ2n) is 5.27. The first kappa shape index (κ1) is 15.3. The van der Waals surface area contributed by atoms with Crippen LogP contribution in [0.5, 0.6) is 0 Å². The normalized spacial score (nSPS) is 10.8. The summed E-state index contributed by atoms with van der Waals surface area (Å²) in [4.78, 5) is 23.6. The first-order chi connectivity index (χ1) is 10.0. The van der Waals surface area contributed by atoms with Crippen LogP contribution in [-0.4, -0.2) is 15.7 Å². The molecule has 0 radical (unpaired) electrons. The van der Waals surface area contributed by atoms with E-state index in [0.29, 0.717) is 12.1 Å². The van der Waals surface area contributed by atoms with E-state index in [1.807, 2.05) is 12.1 Å². The highest BCUT2D eigenvalue weighted by Crippen LogP contribution is 2.06. The van der Waals surface area contributed by atoms with Gasteiger partial charge in [0, 0.05) is 32.4 Å². The summed E-state index contributed by atoms with van der Waals surface area (Å²) in [6.45, 7) is 3.35. The molecule has 1 aromatic carbocycles. The zero-order chi connectivity index (χ0) is 15.4. The van der Waals surface area contributed by atoms with Gasteiger partial charge in [-0.25, -0.2) is 4.79 Å². The molecule has 0 atom stereocenters. The summed E-state index contributed by atoms with van der Waals surface area (Å²) in [5.41, 5.74) is 2.64. The molecule has 0 spiro atoms. The monoisotopic (exact) mass is 287 g/mol. The van der Waals surface area contributed by atoms with Gasteiger partial charge in [0.2, 0.25) is 0 Å². The van der Waals surface area contributed by atoms with E-state index < -0.39 is 0 Å². The molecular formula is C16H21N3O2. The predicted octanol–water partition coefficient (Wildman–Crippen LogP) is 0.725. The molecule has 2 rings (SSSR count). The minimum absolute atomic E-state index is 0.235. The van der Waals surface area contributed by atoms with Crippen molar-refractivity contribution in [2.75, 3.05) is 6.54 Å². The van der Waals surface area contributed by atoms with Crippen molar-refractivity contribution in [2.24, 2.45) is 14.1 Å². The SMILES string of the molecule is Cc1ccccc1CCNCc1cn(C)c(=O)n(C)c1=O. The molecule has 0 saturated carbocycles. The number of nitrogens with one attached hydrogen (secondary N) is 1. The van der Waals surface area contributed by atoms with Crippen LogP contribution in [0, 0.1) is 6.92 Å². The standard InChI is InChI=1S/C16H21N3O2/c1-12-6-4-5-7-13(12)8-9-17-10-14-11-18(2)16(21)19(3)15(14)20/h4-7,11,17H,8-10H2,1-3H3. The average Bonchev–Trinajstić information content (AvgIpc) is 2.48. The lowest BCUT2D eigenvalue weighted by molar-refractivity contribution is 0.629. The molecule has 5 heteroatoms. The van der Waals surface area contributed by atoms with Crippen LogP contribution < -0.4 is 16.6 Å². The average molecular weight is 287 g/mol. The van der Waals surface area contributed by atoms with E-state index in [4.69, 9.17) is 0 Å². The highest BCUT2D eigenvalue weighted by molar-refractivity contribution is 5.25. The number of hydrogen-bond donors (Lipinski definition) is 1. The number of nitrogens with zero attached hydrogens (tertiary/aromatic N) is 2. The van der Waals surface area contributed by atoms with Crippen LogP contribution in [-0.2, 0) is 27.1 Å². The molecule has 0 aliphatic heterocycles. The summed E-state index contributed by atoms with van der Waals surface area (Å²) < 4.78 is 2.57. The van der Waals surface area contributed by atoms with Gasteiger partial charge in [0.05, 0.1) is 0 Å². The largest absolute Gasteiger partial charge is 0.330 e. The van der Waals surface area contributed by atoms with Gasteiger partial charge >= 0.3 is 5.69 Å². The van der Waals surface area contributed by atoms with Crippen LogP contribution in [0.25, 0.3) is 0 Å². The molecule has 0 aliphatic carbocycles. The third-order valence-corrected chi connectivity index (χ3v) is 3.67. The lowest BCUT2D eigenvalue weighted by Crippen LogP contribution is -2.39. The summed E-state index contributed by atoms with van der Waals surface area (Å²) in [6.07, 6.45) is 2.52. The maximum Gasteiger partial charge on any atom is 0.330 e. The summed E-state index contributed by atoms with van der Waals surface area (Å²) in [5, 5.41) is 3.26. The van der Waals surface area contributed by atoms with Crippen molar-refractivity contribution >= 4 is 0 Å². The number of benzene rings is 1. The topological polar surface area (TPSA) is 56.0 Å². The van der Waals surface area contributed by atoms with E-state index >= 15 is 0 Å². The predicted molar refractivity (Wildman–Crippen MR) is 83.5 cm³/mol. The van der Waals surface area contributed by atoms with E-state index in [9.17, 15) is 9.59 Å². The summed E-state index contributed by atoms with van der Waals surface area (Å²) in [6, 6.07) is 8.27. The van der Waals surface area contributed by atoms with Crippen LogP contribution in [0.3, 0.4) is 0 Å². The van der Waals surface area contributed by atoms with Gasteiger partial charge < -0.3 is 9.88 Å². The summed E-state index contributed by atoms with van der Waals surface area (Å²) in [5.74, 6) is 0. The Morgan fingerprint density at radius 3 is 2.52 bits per heavy atom. The number of hydrogen-bond acceptors (Lipinski definition) is 3. The molecule has 2 aromatic rings. The second-order valence-corrected chi connectivity index (χ2v) is 5.27. The molecule has 0 fully saturated rings. The van der Waals surface area contributed by atoms with Crippen LogP contribution in [0.1, 0.15) is 16.7 Å². The van der Waals surface area contributed by atoms with Gasteiger partial charge in [-0.1, -0.05) is 24.3 Å². The fourth-order valence-electron chi connectivity index (χ4n) is 2.34. The quantitative estimate of drug-likeness (QED) is 0.825. The first-order valence-electron chi connectivity index (χ1n) is 7.01. The molecule has 0 bridgehead atoms. The number of aromatic nitrogens is 2. The van der Waals surface area contributed by atoms with Crippen molar-refractivity contribution in [1.82, 2.24) is 14.5 Å². The van der Waals surface area contributed by atoms with Crippen LogP contribution in [0.4, 0.5) is 0 Å². The molecule has 0 aliphatic rings. The maximum atomic E-state index is 12.0. The zero-order valence-electron chi connectivity index (χ0n) is 12.7. The molecule has 0 unspecified atom stereocenters. The van der Waals surface area contributed by atoms with Crippen LogP contribution in [0.2, 0.25) is 0 Å². The van der Waals surface area contributed by atoms with Gasteiger partial charge in [0.25, 0.3) is 5.56 Å². The molecule has 0 saturated heterocycles. The van der Waals surface area contributed by atoms with E-state index in [0.717, 1.165) is 17.5 Å². The Morgan fingerprint density at radius 1 is 1.10 bits per heavy atom. The van der Waals surface area contributed by atoms with Gasteiger partial charge in [-0.2, -0.15) is 0 Å². The second kappa shape index (κ2) is 6.54.